The summed E-state index contributed by atoms with van der Waals surface area (Å²) in [5.74, 6) is 3.86. The van der Waals surface area contributed by atoms with Gasteiger partial charge in [0.25, 0.3) is 6.71 Å². The molecular formula is C94H60BN11. The molecule has 0 spiro atoms. The summed E-state index contributed by atoms with van der Waals surface area (Å²) in [4.78, 5) is 47.8. The molecule has 0 bridgehead atoms. The molecule has 0 fully saturated rings. The van der Waals surface area contributed by atoms with Gasteiger partial charge in [-0.05, 0) is 113 Å². The summed E-state index contributed by atoms with van der Waals surface area (Å²) in [6, 6.07) is 127. The molecule has 106 heavy (non-hydrogen) atoms. The van der Waals surface area contributed by atoms with Crippen molar-refractivity contribution in [3.05, 3.63) is 364 Å². The molecule has 2 aliphatic rings. The van der Waals surface area contributed by atoms with Crippen LogP contribution in [-0.2, 0) is 0 Å². The Balaban J connectivity index is 0.808. The summed E-state index contributed by atoms with van der Waals surface area (Å²) in [5.41, 5.74) is 24.6. The molecule has 4 aromatic heterocycles. The quantitative estimate of drug-likeness (QED) is 0.103. The molecule has 2 aliphatic heterocycles. The lowest BCUT2D eigenvalue weighted by Crippen LogP contribution is -2.61. The van der Waals surface area contributed by atoms with Gasteiger partial charge in [-0.1, -0.05) is 273 Å². The van der Waals surface area contributed by atoms with Crippen LogP contribution in [0.15, 0.2) is 364 Å². The number of benzene rings is 14. The van der Waals surface area contributed by atoms with Gasteiger partial charge in [-0.15, -0.1) is 0 Å². The van der Waals surface area contributed by atoms with Crippen molar-refractivity contribution in [2.75, 3.05) is 9.80 Å². The summed E-state index contributed by atoms with van der Waals surface area (Å²) in [6.07, 6.45) is 0. The fourth-order valence-electron chi connectivity index (χ4n) is 15.5. The number of para-hydroxylation sites is 5. The molecule has 11 nitrogen and oxygen atoms in total. The SMILES string of the molecule is c1ccc(-c2cc(-c3ccc(-n4c5ccccc5c5cc(-c6nc(-c7ccccc7)nc(-c7ccccc7)n6)ccc54)c(-c4nc(-c5ccccc5)nc(-c5cccc(-c6ccc7c8c6N(c6ccccc6)c6ccccc6B8c6ccccc6N7c6ccccc6)c5)n4)c3)nc(-c3ccccc3)n2)cc1. The van der Waals surface area contributed by atoms with E-state index in [2.05, 4.69) is 263 Å². The van der Waals surface area contributed by atoms with Gasteiger partial charge in [0.1, 0.15) is 0 Å². The van der Waals surface area contributed by atoms with Crippen molar-refractivity contribution in [3.63, 3.8) is 0 Å². The highest BCUT2D eigenvalue weighted by atomic mass is 15.2. The Labute approximate surface area is 612 Å². The van der Waals surface area contributed by atoms with E-state index >= 15 is 0 Å². The van der Waals surface area contributed by atoms with E-state index < -0.39 is 0 Å². The van der Waals surface area contributed by atoms with Gasteiger partial charge in [0.15, 0.2) is 40.8 Å². The van der Waals surface area contributed by atoms with Crippen molar-refractivity contribution in [3.8, 4) is 119 Å². The molecule has 0 saturated carbocycles. The summed E-state index contributed by atoms with van der Waals surface area (Å²) >= 11 is 0. The number of aromatic nitrogens is 9. The van der Waals surface area contributed by atoms with E-state index in [0.29, 0.717) is 40.8 Å². The largest absolute Gasteiger partial charge is 0.311 e. The first-order valence-electron chi connectivity index (χ1n) is 35.6. The molecule has 12 heteroatoms. The van der Waals surface area contributed by atoms with Crippen LogP contribution in [0.2, 0.25) is 0 Å². The predicted octanol–water partition coefficient (Wildman–Crippen LogP) is 20.7. The number of rotatable bonds is 13. The molecule has 6 heterocycles. The third-order valence-corrected chi connectivity index (χ3v) is 20.3. The Bertz CT molecular complexity index is 6280. The number of hydrogen-bond donors (Lipinski definition) is 0. The van der Waals surface area contributed by atoms with E-state index in [4.69, 9.17) is 39.9 Å². The zero-order chi connectivity index (χ0) is 70.0. The fraction of sp³-hybridized carbons (Fsp3) is 0. The zero-order valence-electron chi connectivity index (χ0n) is 57.1. The highest BCUT2D eigenvalue weighted by molar-refractivity contribution is 7.00. The maximum Gasteiger partial charge on any atom is 0.252 e. The van der Waals surface area contributed by atoms with Gasteiger partial charge in [-0.25, -0.2) is 39.9 Å². The third-order valence-electron chi connectivity index (χ3n) is 20.3. The third kappa shape index (κ3) is 10.8. The monoisotopic (exact) mass is 1350 g/mol. The molecule has 0 saturated heterocycles. The lowest BCUT2D eigenvalue weighted by Gasteiger charge is -2.45. The Kier molecular flexibility index (Phi) is 15.0. The van der Waals surface area contributed by atoms with Crippen LogP contribution in [0.4, 0.5) is 34.1 Å². The van der Waals surface area contributed by atoms with Crippen LogP contribution in [-0.4, -0.2) is 51.2 Å². The standard InChI is InChI=1S/C94H60BN11/c1-8-29-61(30-9-1)78-60-79(97-88(96-78)62-31-10-2-11-32-62)67-51-54-82(106-80-48-25-22-45-73(80)74-59-69(52-55-81(74)106)93-99-89(63-33-12-3-13-34-63)98-90(100-93)64-35-14-4-15-36-64)75(58-67)94-102-91(65-37-16-5-17-38-65)101-92(103-94)68-40-28-39-66(57-68)72-53-56-85-86-87(72)105(71-43-20-7-21-44-71)84-50-27-24-47-77(84)95(86)76-46-23-26-49-83(76)104(85)70-41-18-6-19-42-70/h1-60H. The van der Waals surface area contributed by atoms with E-state index in [9.17, 15) is 0 Å². The second kappa shape index (κ2) is 25.9. The van der Waals surface area contributed by atoms with Gasteiger partial charge in [0.05, 0.1) is 33.8 Å². The topological polar surface area (TPSA) is 115 Å². The lowest BCUT2D eigenvalue weighted by atomic mass is 9.33. The Morgan fingerprint density at radius 3 is 1.20 bits per heavy atom. The van der Waals surface area contributed by atoms with Crippen LogP contribution >= 0.6 is 0 Å². The molecule has 0 unspecified atom stereocenters. The minimum atomic E-state index is -0.0737. The Morgan fingerprint density at radius 2 is 0.623 bits per heavy atom. The molecule has 0 aliphatic carbocycles. The normalized spacial score (nSPS) is 12.1. The van der Waals surface area contributed by atoms with Gasteiger partial charge in [0, 0.05) is 94.8 Å². The molecule has 0 amide bonds. The van der Waals surface area contributed by atoms with E-state index in [-0.39, 0.29) is 6.71 Å². The number of fused-ring (bicyclic) bond motifs is 7. The smallest absolute Gasteiger partial charge is 0.252 e. The van der Waals surface area contributed by atoms with Crippen LogP contribution in [0.3, 0.4) is 0 Å². The number of nitrogens with zero attached hydrogens (tertiary/aromatic N) is 11. The first-order valence-corrected chi connectivity index (χ1v) is 35.6. The van der Waals surface area contributed by atoms with Crippen LogP contribution in [0.25, 0.3) is 141 Å². The molecule has 18 aromatic rings. The van der Waals surface area contributed by atoms with Gasteiger partial charge in [0.2, 0.25) is 0 Å². The van der Waals surface area contributed by atoms with Crippen LogP contribution in [0.5, 0.6) is 0 Å². The summed E-state index contributed by atoms with van der Waals surface area (Å²) < 4.78 is 2.34. The highest BCUT2D eigenvalue weighted by Gasteiger charge is 2.44. The second-order valence-corrected chi connectivity index (χ2v) is 26.6. The average molecular weight is 1350 g/mol. The summed E-state index contributed by atoms with van der Waals surface area (Å²) in [6.45, 7) is -0.0737. The van der Waals surface area contributed by atoms with Gasteiger partial charge >= 0.3 is 0 Å². The van der Waals surface area contributed by atoms with Gasteiger partial charge in [-0.3, -0.25) is 0 Å². The maximum absolute atomic E-state index is 5.74. The van der Waals surface area contributed by atoms with Crippen LogP contribution in [0, 0.1) is 0 Å². The van der Waals surface area contributed by atoms with E-state index in [1.54, 1.807) is 0 Å². The Hall–Kier alpha value is -14.4. The number of anilines is 6. The van der Waals surface area contributed by atoms with Crippen molar-refractivity contribution in [2.45, 2.75) is 0 Å². The van der Waals surface area contributed by atoms with Crippen molar-refractivity contribution >= 4 is 79.0 Å². The Morgan fingerprint density at radius 1 is 0.217 bits per heavy atom. The van der Waals surface area contributed by atoms with Gasteiger partial charge in [-0.2, -0.15) is 0 Å². The zero-order valence-corrected chi connectivity index (χ0v) is 57.1. The first kappa shape index (κ1) is 61.5. The minimum Gasteiger partial charge on any atom is -0.311 e. The molecule has 0 radical (unpaired) electrons. The van der Waals surface area contributed by atoms with Crippen molar-refractivity contribution in [2.24, 2.45) is 0 Å². The molecule has 0 atom stereocenters. The average Bonchev–Trinajstić information content (AvgIpc) is 0.842. The van der Waals surface area contributed by atoms with E-state index in [1.165, 1.54) is 16.4 Å². The van der Waals surface area contributed by atoms with Crippen molar-refractivity contribution < 1.29 is 0 Å². The van der Waals surface area contributed by atoms with E-state index in [0.717, 1.165) is 134 Å². The van der Waals surface area contributed by atoms with Crippen LogP contribution in [0.1, 0.15) is 0 Å². The van der Waals surface area contributed by atoms with Gasteiger partial charge < -0.3 is 14.4 Å². The maximum atomic E-state index is 5.74. The summed E-state index contributed by atoms with van der Waals surface area (Å²) in [7, 11) is 0. The minimum absolute atomic E-state index is 0.0737. The first-order chi connectivity index (χ1) is 52.6. The predicted molar refractivity (Wildman–Crippen MR) is 432 cm³/mol. The molecule has 494 valence electrons. The second-order valence-electron chi connectivity index (χ2n) is 26.6. The molecule has 20 rings (SSSR count). The molecular weight excluding hydrogens is 1290 g/mol. The number of hydrogen-bond acceptors (Lipinski definition) is 10. The summed E-state index contributed by atoms with van der Waals surface area (Å²) in [5, 5.41) is 2.06. The fourth-order valence-corrected chi connectivity index (χ4v) is 15.5. The lowest BCUT2D eigenvalue weighted by molar-refractivity contribution is 1.06. The highest BCUT2D eigenvalue weighted by Crippen LogP contribution is 2.49. The van der Waals surface area contributed by atoms with Crippen molar-refractivity contribution in [1.29, 1.82) is 0 Å². The van der Waals surface area contributed by atoms with Crippen LogP contribution < -0.4 is 26.2 Å². The van der Waals surface area contributed by atoms with E-state index in [1.807, 2.05) is 115 Å². The molecule has 0 N–H and O–H groups in total. The molecule has 14 aromatic carbocycles. The van der Waals surface area contributed by atoms with Crippen molar-refractivity contribution in [1.82, 2.24) is 44.4 Å².